The fourth-order valence-electron chi connectivity index (χ4n) is 1.30. The third-order valence-corrected chi connectivity index (χ3v) is 2.37. The molecule has 2 heterocycles. The Bertz CT molecular complexity index is 540. The molecule has 0 atom stereocenters. The van der Waals surface area contributed by atoms with Crippen molar-refractivity contribution in [1.29, 1.82) is 0 Å². The molecule has 1 amide bonds. The van der Waals surface area contributed by atoms with Gasteiger partial charge in [-0.1, -0.05) is 11.6 Å². The summed E-state index contributed by atoms with van der Waals surface area (Å²) in [6, 6.07) is 6.83. The standard InChI is InChI=1S/C12H10ClN3O/c1-8-4-5-14-11(6-8)16-12(17)9-2-3-10(13)15-7-9/h2-7H,1H3,(H,14,16,17). The smallest absolute Gasteiger partial charge is 0.258 e. The van der Waals surface area contributed by atoms with E-state index in [4.69, 9.17) is 11.6 Å². The number of carbonyl (C=O) groups is 1. The predicted molar refractivity (Wildman–Crippen MR) is 66.2 cm³/mol. The predicted octanol–water partition coefficient (Wildman–Crippen LogP) is 2.69. The van der Waals surface area contributed by atoms with Gasteiger partial charge in [-0.05, 0) is 36.8 Å². The van der Waals surface area contributed by atoms with Gasteiger partial charge in [-0.15, -0.1) is 0 Å². The highest BCUT2D eigenvalue weighted by atomic mass is 35.5. The Labute approximate surface area is 104 Å². The van der Waals surface area contributed by atoms with Crippen LogP contribution < -0.4 is 5.32 Å². The molecule has 5 heteroatoms. The number of halogens is 1. The molecular weight excluding hydrogens is 238 g/mol. The monoisotopic (exact) mass is 247 g/mol. The van der Waals surface area contributed by atoms with Crippen LogP contribution >= 0.6 is 11.6 Å². The maximum Gasteiger partial charge on any atom is 0.258 e. The van der Waals surface area contributed by atoms with E-state index in [9.17, 15) is 4.79 Å². The number of hydrogen-bond acceptors (Lipinski definition) is 3. The SMILES string of the molecule is Cc1ccnc(NC(=O)c2ccc(Cl)nc2)c1. The van der Waals surface area contributed by atoms with E-state index in [1.807, 2.05) is 13.0 Å². The largest absolute Gasteiger partial charge is 0.307 e. The summed E-state index contributed by atoms with van der Waals surface area (Å²) in [5.41, 5.74) is 1.47. The molecule has 0 unspecified atom stereocenters. The number of rotatable bonds is 2. The highest BCUT2D eigenvalue weighted by Gasteiger charge is 2.06. The first-order valence-electron chi connectivity index (χ1n) is 5.01. The Morgan fingerprint density at radius 2 is 2.12 bits per heavy atom. The van der Waals surface area contributed by atoms with E-state index in [0.717, 1.165) is 5.56 Å². The highest BCUT2D eigenvalue weighted by molar-refractivity contribution is 6.29. The van der Waals surface area contributed by atoms with Crippen molar-refractivity contribution in [1.82, 2.24) is 9.97 Å². The average Bonchev–Trinajstić information content (AvgIpc) is 2.29. The first kappa shape index (κ1) is 11.5. The van der Waals surface area contributed by atoms with Crippen LogP contribution in [0.15, 0.2) is 36.7 Å². The second kappa shape index (κ2) is 4.93. The number of anilines is 1. The number of aryl methyl sites for hydroxylation is 1. The second-order valence-corrected chi connectivity index (χ2v) is 3.93. The zero-order chi connectivity index (χ0) is 12.3. The maximum atomic E-state index is 11.8. The number of amides is 1. The Hall–Kier alpha value is -1.94. The van der Waals surface area contributed by atoms with Gasteiger partial charge in [0.25, 0.3) is 5.91 Å². The van der Waals surface area contributed by atoms with Crippen LogP contribution in [0.2, 0.25) is 5.15 Å². The zero-order valence-corrected chi connectivity index (χ0v) is 9.90. The molecule has 0 saturated heterocycles. The van der Waals surface area contributed by atoms with Crippen LogP contribution in [0.25, 0.3) is 0 Å². The van der Waals surface area contributed by atoms with E-state index in [0.29, 0.717) is 16.5 Å². The molecule has 0 aliphatic heterocycles. The number of nitrogens with zero attached hydrogens (tertiary/aromatic N) is 2. The molecule has 0 radical (unpaired) electrons. The molecule has 2 rings (SSSR count). The number of pyridine rings is 2. The lowest BCUT2D eigenvalue weighted by molar-refractivity contribution is 0.102. The quantitative estimate of drug-likeness (QED) is 0.830. The Balaban J connectivity index is 2.14. The summed E-state index contributed by atoms with van der Waals surface area (Å²) >= 11 is 5.64. The molecule has 0 spiro atoms. The summed E-state index contributed by atoms with van der Waals surface area (Å²) in [7, 11) is 0. The molecular formula is C12H10ClN3O. The van der Waals surface area contributed by atoms with Gasteiger partial charge in [-0.2, -0.15) is 0 Å². The first-order valence-corrected chi connectivity index (χ1v) is 5.38. The summed E-state index contributed by atoms with van der Waals surface area (Å²) < 4.78 is 0. The second-order valence-electron chi connectivity index (χ2n) is 3.54. The molecule has 0 saturated carbocycles. The lowest BCUT2D eigenvalue weighted by atomic mass is 10.2. The van der Waals surface area contributed by atoms with Crippen molar-refractivity contribution >= 4 is 23.3 Å². The van der Waals surface area contributed by atoms with Crippen molar-refractivity contribution in [3.8, 4) is 0 Å². The zero-order valence-electron chi connectivity index (χ0n) is 9.14. The molecule has 17 heavy (non-hydrogen) atoms. The number of aromatic nitrogens is 2. The lowest BCUT2D eigenvalue weighted by Crippen LogP contribution is -2.13. The molecule has 0 bridgehead atoms. The molecule has 2 aromatic heterocycles. The van der Waals surface area contributed by atoms with E-state index < -0.39 is 0 Å². The van der Waals surface area contributed by atoms with Crippen molar-refractivity contribution < 1.29 is 4.79 Å². The van der Waals surface area contributed by atoms with Gasteiger partial charge in [0.2, 0.25) is 0 Å². The Morgan fingerprint density at radius 1 is 1.29 bits per heavy atom. The van der Waals surface area contributed by atoms with Crippen molar-refractivity contribution in [3.05, 3.63) is 52.9 Å². The summed E-state index contributed by atoms with van der Waals surface area (Å²) in [6.07, 6.45) is 3.07. The van der Waals surface area contributed by atoms with E-state index in [1.165, 1.54) is 6.20 Å². The minimum Gasteiger partial charge on any atom is -0.307 e. The fourth-order valence-corrected chi connectivity index (χ4v) is 1.41. The van der Waals surface area contributed by atoms with Crippen LogP contribution in [0.5, 0.6) is 0 Å². The third-order valence-electron chi connectivity index (χ3n) is 2.15. The third kappa shape index (κ3) is 3.01. The van der Waals surface area contributed by atoms with Gasteiger partial charge >= 0.3 is 0 Å². The van der Waals surface area contributed by atoms with Crippen molar-refractivity contribution in [2.45, 2.75) is 6.92 Å². The highest BCUT2D eigenvalue weighted by Crippen LogP contribution is 2.09. The van der Waals surface area contributed by atoms with Crippen molar-refractivity contribution in [3.63, 3.8) is 0 Å². The molecule has 1 N–H and O–H groups in total. The summed E-state index contributed by atoms with van der Waals surface area (Å²) in [5.74, 6) is 0.261. The normalized spacial score (nSPS) is 10.0. The Morgan fingerprint density at radius 3 is 2.76 bits per heavy atom. The minimum atomic E-state index is -0.257. The maximum absolute atomic E-state index is 11.8. The van der Waals surface area contributed by atoms with Crippen LogP contribution in [-0.4, -0.2) is 15.9 Å². The molecule has 0 fully saturated rings. The van der Waals surface area contributed by atoms with E-state index >= 15 is 0 Å². The molecule has 0 aliphatic rings. The van der Waals surface area contributed by atoms with Gasteiger partial charge in [0.05, 0.1) is 5.56 Å². The minimum absolute atomic E-state index is 0.257. The van der Waals surface area contributed by atoms with Gasteiger partial charge in [-0.25, -0.2) is 9.97 Å². The summed E-state index contributed by atoms with van der Waals surface area (Å²) in [5, 5.41) is 3.04. The fraction of sp³-hybridized carbons (Fsp3) is 0.0833. The average molecular weight is 248 g/mol. The lowest BCUT2D eigenvalue weighted by Gasteiger charge is -2.04. The van der Waals surface area contributed by atoms with Gasteiger partial charge in [-0.3, -0.25) is 4.79 Å². The van der Waals surface area contributed by atoms with Crippen LogP contribution in [0.3, 0.4) is 0 Å². The van der Waals surface area contributed by atoms with Gasteiger partial charge < -0.3 is 5.32 Å². The van der Waals surface area contributed by atoms with Gasteiger partial charge in [0, 0.05) is 12.4 Å². The number of carbonyl (C=O) groups excluding carboxylic acids is 1. The van der Waals surface area contributed by atoms with Gasteiger partial charge in [0.1, 0.15) is 11.0 Å². The van der Waals surface area contributed by atoms with Crippen molar-refractivity contribution in [2.75, 3.05) is 5.32 Å². The van der Waals surface area contributed by atoms with Crippen LogP contribution in [0, 0.1) is 6.92 Å². The van der Waals surface area contributed by atoms with E-state index in [1.54, 1.807) is 24.4 Å². The van der Waals surface area contributed by atoms with Crippen LogP contribution in [0.1, 0.15) is 15.9 Å². The first-order chi connectivity index (χ1) is 8.15. The number of hydrogen-bond donors (Lipinski definition) is 1. The molecule has 0 aliphatic carbocycles. The topological polar surface area (TPSA) is 54.9 Å². The summed E-state index contributed by atoms with van der Waals surface area (Å²) in [4.78, 5) is 19.7. The van der Waals surface area contributed by atoms with Crippen molar-refractivity contribution in [2.24, 2.45) is 0 Å². The Kier molecular flexibility index (Phi) is 3.35. The van der Waals surface area contributed by atoms with E-state index in [2.05, 4.69) is 15.3 Å². The molecule has 4 nitrogen and oxygen atoms in total. The number of nitrogens with one attached hydrogen (secondary N) is 1. The van der Waals surface area contributed by atoms with Crippen LogP contribution in [-0.2, 0) is 0 Å². The summed E-state index contributed by atoms with van der Waals surface area (Å²) in [6.45, 7) is 1.93. The van der Waals surface area contributed by atoms with E-state index in [-0.39, 0.29) is 5.91 Å². The van der Waals surface area contributed by atoms with Gasteiger partial charge in [0.15, 0.2) is 0 Å². The molecule has 2 aromatic rings. The van der Waals surface area contributed by atoms with Crippen LogP contribution in [0.4, 0.5) is 5.82 Å². The molecule has 86 valence electrons. The molecule has 0 aromatic carbocycles.